The van der Waals surface area contributed by atoms with E-state index in [1.165, 1.54) is 17.4 Å². The number of rotatable bonds is 6. The van der Waals surface area contributed by atoms with Gasteiger partial charge < -0.3 is 9.88 Å². The van der Waals surface area contributed by atoms with Gasteiger partial charge in [0.05, 0.1) is 16.6 Å². The second-order valence-corrected chi connectivity index (χ2v) is 9.63. The molecule has 1 N–H and O–H groups in total. The lowest BCUT2D eigenvalue weighted by molar-refractivity contribution is -0.121. The summed E-state index contributed by atoms with van der Waals surface area (Å²) in [6.45, 7) is 6.21. The maximum absolute atomic E-state index is 13.3. The summed E-state index contributed by atoms with van der Waals surface area (Å²) in [6.07, 6.45) is 3.52. The number of likely N-dealkylation sites (N-methyl/N-ethyl adjacent to an activating group) is 1. The Kier molecular flexibility index (Phi) is 5.65. The lowest BCUT2D eigenvalue weighted by atomic mass is 10.0. The molecular formula is C28H31N5O2. The van der Waals surface area contributed by atoms with Crippen LogP contribution in [0.5, 0.6) is 0 Å². The van der Waals surface area contributed by atoms with Crippen molar-refractivity contribution in [1.29, 1.82) is 0 Å². The van der Waals surface area contributed by atoms with E-state index in [1.54, 1.807) is 4.57 Å². The molecule has 0 spiro atoms. The number of aromatic nitrogens is 3. The number of carbonyl (C=O) groups is 1. The van der Waals surface area contributed by atoms with Crippen molar-refractivity contribution in [2.75, 3.05) is 19.6 Å². The number of carbonyl (C=O) groups excluding carboxylic acids is 1. The number of aryl methyl sites for hydroxylation is 2. The minimum Gasteiger partial charge on any atom is -0.354 e. The Balaban J connectivity index is 1.34. The van der Waals surface area contributed by atoms with Crippen molar-refractivity contribution in [2.45, 2.75) is 51.7 Å². The van der Waals surface area contributed by atoms with Gasteiger partial charge in [0.15, 0.2) is 5.82 Å². The number of para-hydroxylation sites is 2. The molecule has 1 saturated heterocycles. The average Bonchev–Trinajstić information content (AvgIpc) is 3.48. The summed E-state index contributed by atoms with van der Waals surface area (Å²) in [5.41, 5.74) is 3.99. The molecule has 180 valence electrons. The highest BCUT2D eigenvalue weighted by Crippen LogP contribution is 2.36. The van der Waals surface area contributed by atoms with Crippen molar-refractivity contribution in [3.8, 4) is 11.5 Å². The highest BCUT2D eigenvalue weighted by atomic mass is 16.1. The highest BCUT2D eigenvalue weighted by Gasteiger charge is 2.28. The van der Waals surface area contributed by atoms with E-state index in [0.717, 1.165) is 37.1 Å². The van der Waals surface area contributed by atoms with Crippen molar-refractivity contribution in [2.24, 2.45) is 0 Å². The molecule has 4 aromatic rings. The fraction of sp³-hybridized carbons (Fsp3) is 0.393. The van der Waals surface area contributed by atoms with Crippen molar-refractivity contribution in [3.63, 3.8) is 0 Å². The number of hydrogen-bond acceptors (Lipinski definition) is 4. The van der Waals surface area contributed by atoms with Crippen molar-refractivity contribution >= 4 is 27.7 Å². The lowest BCUT2D eigenvalue weighted by Gasteiger charge is -2.23. The van der Waals surface area contributed by atoms with Gasteiger partial charge in [0.25, 0.3) is 5.56 Å². The molecule has 2 aliphatic heterocycles. The highest BCUT2D eigenvalue weighted by molar-refractivity contribution is 5.92. The molecule has 1 amide bonds. The number of benzene rings is 2. The monoisotopic (exact) mass is 469 g/mol. The molecule has 0 radical (unpaired) electrons. The third kappa shape index (κ3) is 3.74. The molecule has 1 unspecified atom stereocenters. The molecule has 2 aliphatic rings. The van der Waals surface area contributed by atoms with Crippen LogP contribution in [0.25, 0.3) is 33.3 Å². The maximum atomic E-state index is 13.3. The first kappa shape index (κ1) is 22.0. The second kappa shape index (κ2) is 8.96. The zero-order chi connectivity index (χ0) is 23.9. The Morgan fingerprint density at radius 2 is 1.89 bits per heavy atom. The molecule has 0 aliphatic carbocycles. The topological polar surface area (TPSA) is 72.2 Å². The third-order valence-electron chi connectivity index (χ3n) is 7.74. The van der Waals surface area contributed by atoms with Crippen LogP contribution in [-0.4, -0.2) is 50.6 Å². The molecule has 0 saturated carbocycles. The number of hydrogen-bond donors (Lipinski definition) is 1. The van der Waals surface area contributed by atoms with E-state index >= 15 is 0 Å². The van der Waals surface area contributed by atoms with Gasteiger partial charge in [-0.05, 0) is 56.1 Å². The summed E-state index contributed by atoms with van der Waals surface area (Å²) in [4.78, 5) is 33.5. The lowest BCUT2D eigenvalue weighted by Crippen LogP contribution is -2.40. The summed E-state index contributed by atoms with van der Waals surface area (Å²) in [5, 5.41) is 5.00. The van der Waals surface area contributed by atoms with Gasteiger partial charge >= 0.3 is 0 Å². The SMILES string of the molecule is CCN1CCCC1CNC(=O)CCn1c2c(c3ccccc31)CCn1c-2nc2ccccc2c1=O. The Labute approximate surface area is 204 Å². The fourth-order valence-corrected chi connectivity index (χ4v) is 5.97. The van der Waals surface area contributed by atoms with Crippen LogP contribution in [0, 0.1) is 0 Å². The molecule has 2 aromatic heterocycles. The molecule has 7 nitrogen and oxygen atoms in total. The van der Waals surface area contributed by atoms with E-state index in [0.29, 0.717) is 48.8 Å². The van der Waals surface area contributed by atoms with Gasteiger partial charge in [0.2, 0.25) is 5.91 Å². The minimum atomic E-state index is 0.00263. The van der Waals surface area contributed by atoms with Gasteiger partial charge in [-0.15, -0.1) is 0 Å². The maximum Gasteiger partial charge on any atom is 0.261 e. The average molecular weight is 470 g/mol. The van der Waals surface area contributed by atoms with Crippen LogP contribution in [0.2, 0.25) is 0 Å². The second-order valence-electron chi connectivity index (χ2n) is 9.63. The molecule has 1 atom stereocenters. The summed E-state index contributed by atoms with van der Waals surface area (Å²) in [5.74, 6) is 0.773. The van der Waals surface area contributed by atoms with Gasteiger partial charge in [-0.25, -0.2) is 4.98 Å². The standard InChI is InChI=1S/C28H31N5O2/c1-2-31-15-7-8-19(31)18-29-25(34)14-17-32-24-12-6-4-9-20(24)21-13-16-33-27(26(21)32)30-23-11-5-3-10-22(23)28(33)35/h3-6,9-12,19H,2,7-8,13-18H2,1H3,(H,29,34). The number of nitrogens with one attached hydrogen (secondary N) is 1. The van der Waals surface area contributed by atoms with Crippen LogP contribution >= 0.6 is 0 Å². The molecular weight excluding hydrogens is 438 g/mol. The molecule has 35 heavy (non-hydrogen) atoms. The first-order valence-electron chi connectivity index (χ1n) is 12.8. The van der Waals surface area contributed by atoms with E-state index in [2.05, 4.69) is 39.9 Å². The van der Waals surface area contributed by atoms with Gasteiger partial charge in [0.1, 0.15) is 0 Å². The van der Waals surface area contributed by atoms with Crippen LogP contribution in [0.4, 0.5) is 0 Å². The van der Waals surface area contributed by atoms with Crippen LogP contribution in [-0.2, 0) is 24.3 Å². The number of likely N-dealkylation sites (tertiary alicyclic amines) is 1. The molecule has 7 heteroatoms. The van der Waals surface area contributed by atoms with Gasteiger partial charge in [-0.2, -0.15) is 0 Å². The van der Waals surface area contributed by atoms with Crippen LogP contribution < -0.4 is 10.9 Å². The largest absolute Gasteiger partial charge is 0.354 e. The zero-order valence-corrected chi connectivity index (χ0v) is 20.2. The molecule has 2 aromatic carbocycles. The van der Waals surface area contributed by atoms with Crippen molar-refractivity contribution in [3.05, 3.63) is 64.4 Å². The summed E-state index contributed by atoms with van der Waals surface area (Å²) < 4.78 is 4.00. The fourth-order valence-electron chi connectivity index (χ4n) is 5.97. The first-order valence-corrected chi connectivity index (χ1v) is 12.8. The molecule has 6 rings (SSSR count). The molecule has 4 heterocycles. The third-order valence-corrected chi connectivity index (χ3v) is 7.74. The Morgan fingerprint density at radius 3 is 2.74 bits per heavy atom. The number of nitrogens with zero attached hydrogens (tertiary/aromatic N) is 4. The predicted octanol–water partition coefficient (Wildman–Crippen LogP) is 3.56. The quantitative estimate of drug-likeness (QED) is 0.469. The predicted molar refractivity (Wildman–Crippen MR) is 139 cm³/mol. The van der Waals surface area contributed by atoms with E-state index in [-0.39, 0.29) is 11.5 Å². The normalized spacial score (nSPS) is 17.6. The first-order chi connectivity index (χ1) is 17.2. The summed E-state index contributed by atoms with van der Waals surface area (Å²) in [6, 6.07) is 16.3. The summed E-state index contributed by atoms with van der Waals surface area (Å²) in [7, 11) is 0. The van der Waals surface area contributed by atoms with Crippen molar-refractivity contribution < 1.29 is 4.79 Å². The van der Waals surface area contributed by atoms with Crippen molar-refractivity contribution in [1.82, 2.24) is 24.3 Å². The smallest absolute Gasteiger partial charge is 0.261 e. The van der Waals surface area contributed by atoms with E-state index in [4.69, 9.17) is 4.98 Å². The van der Waals surface area contributed by atoms with Gasteiger partial charge in [-0.1, -0.05) is 37.3 Å². The Hall–Kier alpha value is -3.45. The summed E-state index contributed by atoms with van der Waals surface area (Å²) >= 11 is 0. The zero-order valence-electron chi connectivity index (χ0n) is 20.2. The Morgan fingerprint density at radius 1 is 1.09 bits per heavy atom. The van der Waals surface area contributed by atoms with Gasteiger partial charge in [0, 0.05) is 43.0 Å². The molecule has 1 fully saturated rings. The van der Waals surface area contributed by atoms with E-state index in [9.17, 15) is 9.59 Å². The minimum absolute atomic E-state index is 0.00263. The van der Waals surface area contributed by atoms with Crippen LogP contribution in [0.15, 0.2) is 53.3 Å². The van der Waals surface area contributed by atoms with Crippen LogP contribution in [0.1, 0.15) is 31.7 Å². The number of amides is 1. The Bertz CT molecular complexity index is 1480. The van der Waals surface area contributed by atoms with E-state index < -0.39 is 0 Å². The van der Waals surface area contributed by atoms with Gasteiger partial charge in [-0.3, -0.25) is 19.1 Å². The molecule has 0 bridgehead atoms. The van der Waals surface area contributed by atoms with Crippen LogP contribution in [0.3, 0.4) is 0 Å². The van der Waals surface area contributed by atoms with E-state index in [1.807, 2.05) is 30.3 Å². The number of fused-ring (bicyclic) bond motifs is 6.